The maximum Gasteiger partial charge on any atom is 0.343 e. The number of carbonyl (C=O) groups excluding carboxylic acids is 1. The number of aromatic nitrogens is 3. The van der Waals surface area contributed by atoms with Gasteiger partial charge in [-0.3, -0.25) is 9.36 Å². The van der Waals surface area contributed by atoms with Crippen molar-refractivity contribution in [3.8, 4) is 0 Å². The predicted octanol–water partition coefficient (Wildman–Crippen LogP) is 2.49. The van der Waals surface area contributed by atoms with E-state index in [4.69, 9.17) is 0 Å². The number of unbranched alkanes of at least 4 members (excludes halogenated alkanes) is 1. The largest absolute Gasteiger partial charge is 0.343 e. The Morgan fingerprint density at radius 2 is 2.14 bits per heavy atom. The molecule has 2 aromatic rings. The summed E-state index contributed by atoms with van der Waals surface area (Å²) in [5, 5.41) is 9.50. The van der Waals surface area contributed by atoms with Crippen molar-refractivity contribution in [2.75, 3.05) is 5.32 Å². The molecule has 1 aromatic heterocycles. The Kier molecular flexibility index (Phi) is 5.83. The normalized spacial score (nSPS) is 12.1. The van der Waals surface area contributed by atoms with E-state index in [0.717, 1.165) is 18.5 Å². The molecule has 0 bridgehead atoms. The lowest BCUT2D eigenvalue weighted by atomic mass is 10.3. The predicted molar refractivity (Wildman–Crippen MR) is 88.1 cm³/mol. The average Bonchev–Trinajstić information content (AvgIpc) is 2.86. The van der Waals surface area contributed by atoms with Crippen molar-refractivity contribution in [1.29, 1.82) is 0 Å². The van der Waals surface area contributed by atoms with Crippen LogP contribution in [0.4, 0.5) is 5.69 Å². The maximum absolute atomic E-state index is 12.2. The van der Waals surface area contributed by atoms with Crippen molar-refractivity contribution >= 4 is 23.4 Å². The highest BCUT2D eigenvalue weighted by Crippen LogP contribution is 2.21. The summed E-state index contributed by atoms with van der Waals surface area (Å²) in [5.41, 5.74) is 0.525. The van der Waals surface area contributed by atoms with Crippen molar-refractivity contribution in [1.82, 2.24) is 14.8 Å². The molecule has 1 amide bonds. The van der Waals surface area contributed by atoms with E-state index >= 15 is 0 Å². The quantitative estimate of drug-likeness (QED) is 0.768. The van der Waals surface area contributed by atoms with E-state index in [1.54, 1.807) is 11.5 Å². The van der Waals surface area contributed by atoms with Gasteiger partial charge in [-0.1, -0.05) is 43.3 Å². The van der Waals surface area contributed by atoms with Gasteiger partial charge in [0.25, 0.3) is 0 Å². The summed E-state index contributed by atoms with van der Waals surface area (Å²) < 4.78 is 1.58. The van der Waals surface area contributed by atoms with Crippen LogP contribution in [0.2, 0.25) is 0 Å². The first-order valence-corrected chi connectivity index (χ1v) is 8.17. The van der Waals surface area contributed by atoms with Crippen molar-refractivity contribution in [2.24, 2.45) is 0 Å². The van der Waals surface area contributed by atoms with Gasteiger partial charge in [0.15, 0.2) is 5.16 Å². The van der Waals surface area contributed by atoms with Crippen LogP contribution in [0.1, 0.15) is 26.7 Å². The molecule has 0 saturated carbocycles. The third-order valence-corrected chi connectivity index (χ3v) is 4.24. The van der Waals surface area contributed by atoms with Crippen molar-refractivity contribution in [3.05, 3.63) is 40.8 Å². The molecule has 0 spiro atoms. The number of carbonyl (C=O) groups is 1. The van der Waals surface area contributed by atoms with Gasteiger partial charge in [-0.15, -0.1) is 5.10 Å². The highest BCUT2D eigenvalue weighted by molar-refractivity contribution is 8.00. The number of amides is 1. The molecular weight excluding hydrogens is 300 g/mol. The number of anilines is 1. The van der Waals surface area contributed by atoms with E-state index in [2.05, 4.69) is 22.4 Å². The van der Waals surface area contributed by atoms with Crippen LogP contribution in [0, 0.1) is 0 Å². The van der Waals surface area contributed by atoms with Crippen molar-refractivity contribution in [2.45, 2.75) is 43.6 Å². The molecule has 6 nitrogen and oxygen atoms in total. The Labute approximate surface area is 133 Å². The van der Waals surface area contributed by atoms with Crippen LogP contribution in [0.5, 0.6) is 0 Å². The molecular formula is C15H20N4O2S. The van der Waals surface area contributed by atoms with E-state index in [9.17, 15) is 9.59 Å². The van der Waals surface area contributed by atoms with Crippen LogP contribution in [0.15, 0.2) is 40.3 Å². The number of hydrogen-bond acceptors (Lipinski definition) is 4. The first-order chi connectivity index (χ1) is 10.6. The molecule has 118 valence electrons. The van der Waals surface area contributed by atoms with E-state index < -0.39 is 0 Å². The second-order valence-corrected chi connectivity index (χ2v) is 6.24. The summed E-state index contributed by atoms with van der Waals surface area (Å²) >= 11 is 1.28. The van der Waals surface area contributed by atoms with Crippen LogP contribution in [0.3, 0.4) is 0 Å². The van der Waals surface area contributed by atoms with Gasteiger partial charge in [-0.25, -0.2) is 9.89 Å². The van der Waals surface area contributed by atoms with Gasteiger partial charge in [0.05, 0.1) is 5.25 Å². The van der Waals surface area contributed by atoms with Crippen LogP contribution in [-0.4, -0.2) is 25.9 Å². The zero-order valence-corrected chi connectivity index (χ0v) is 13.5. The minimum atomic E-state index is -0.351. The molecule has 0 aliphatic carbocycles. The fourth-order valence-corrected chi connectivity index (χ4v) is 2.77. The summed E-state index contributed by atoms with van der Waals surface area (Å²) in [6.07, 6.45) is 1.89. The topological polar surface area (TPSA) is 79.8 Å². The summed E-state index contributed by atoms with van der Waals surface area (Å²) in [5.74, 6) is -0.117. The molecule has 0 aliphatic heterocycles. The zero-order chi connectivity index (χ0) is 15.9. The third kappa shape index (κ3) is 4.24. The Bertz CT molecular complexity index is 666. The van der Waals surface area contributed by atoms with Gasteiger partial charge in [0.1, 0.15) is 0 Å². The Morgan fingerprint density at radius 1 is 1.41 bits per heavy atom. The SMILES string of the molecule is CCCCn1c(SC(C)C(=O)Nc2ccccc2)n[nH]c1=O. The van der Waals surface area contributed by atoms with Crippen LogP contribution in [0.25, 0.3) is 0 Å². The number of rotatable bonds is 7. The minimum Gasteiger partial charge on any atom is -0.325 e. The number of nitrogens with zero attached hydrogens (tertiary/aromatic N) is 2. The summed E-state index contributed by atoms with van der Waals surface area (Å²) in [6, 6.07) is 9.29. The van der Waals surface area contributed by atoms with Crippen molar-refractivity contribution in [3.63, 3.8) is 0 Å². The smallest absolute Gasteiger partial charge is 0.325 e. The number of thioether (sulfide) groups is 1. The molecule has 0 radical (unpaired) electrons. The summed E-state index contributed by atoms with van der Waals surface area (Å²) in [7, 11) is 0. The molecule has 0 fully saturated rings. The second-order valence-electron chi connectivity index (χ2n) is 4.93. The lowest BCUT2D eigenvalue weighted by Crippen LogP contribution is -2.24. The van der Waals surface area contributed by atoms with Gasteiger partial charge in [-0.05, 0) is 25.5 Å². The van der Waals surface area contributed by atoms with Gasteiger partial charge in [0.2, 0.25) is 5.91 Å². The van der Waals surface area contributed by atoms with Gasteiger partial charge < -0.3 is 5.32 Å². The molecule has 0 saturated heterocycles. The number of para-hydroxylation sites is 1. The Balaban J connectivity index is 2.01. The van der Waals surface area contributed by atoms with Gasteiger partial charge in [0, 0.05) is 12.2 Å². The molecule has 2 N–H and O–H groups in total. The van der Waals surface area contributed by atoms with E-state index in [1.165, 1.54) is 11.8 Å². The fourth-order valence-electron chi connectivity index (χ4n) is 1.88. The first kappa shape index (κ1) is 16.4. The minimum absolute atomic E-state index is 0.117. The van der Waals surface area contributed by atoms with Gasteiger partial charge >= 0.3 is 5.69 Å². The molecule has 7 heteroatoms. The number of nitrogens with one attached hydrogen (secondary N) is 2. The molecule has 1 atom stereocenters. The lowest BCUT2D eigenvalue weighted by molar-refractivity contribution is -0.115. The molecule has 0 aliphatic rings. The maximum atomic E-state index is 12.2. The third-order valence-electron chi connectivity index (χ3n) is 3.15. The molecule has 1 aromatic carbocycles. The number of H-pyrrole nitrogens is 1. The number of hydrogen-bond donors (Lipinski definition) is 2. The highest BCUT2D eigenvalue weighted by atomic mass is 32.2. The second kappa shape index (κ2) is 7.84. The fraction of sp³-hybridized carbons (Fsp3) is 0.400. The Hall–Kier alpha value is -2.02. The summed E-state index contributed by atoms with van der Waals surface area (Å²) in [6.45, 7) is 4.47. The zero-order valence-electron chi connectivity index (χ0n) is 12.7. The Morgan fingerprint density at radius 3 is 2.82 bits per heavy atom. The first-order valence-electron chi connectivity index (χ1n) is 7.29. The molecule has 22 heavy (non-hydrogen) atoms. The van der Waals surface area contributed by atoms with E-state index in [-0.39, 0.29) is 16.8 Å². The van der Waals surface area contributed by atoms with Crippen LogP contribution >= 0.6 is 11.8 Å². The van der Waals surface area contributed by atoms with E-state index in [0.29, 0.717) is 11.7 Å². The standard InChI is InChI=1S/C15H20N4O2S/c1-3-4-10-19-14(21)17-18-15(19)22-11(2)13(20)16-12-8-6-5-7-9-12/h5-9,11H,3-4,10H2,1-2H3,(H,16,20)(H,17,21). The highest BCUT2D eigenvalue weighted by Gasteiger charge is 2.18. The van der Waals surface area contributed by atoms with Gasteiger partial charge in [-0.2, -0.15) is 0 Å². The average molecular weight is 320 g/mol. The summed E-state index contributed by atoms with van der Waals surface area (Å²) in [4.78, 5) is 23.9. The van der Waals surface area contributed by atoms with Crippen LogP contribution in [-0.2, 0) is 11.3 Å². The van der Waals surface area contributed by atoms with E-state index in [1.807, 2.05) is 30.3 Å². The number of benzene rings is 1. The molecule has 1 heterocycles. The number of aromatic amines is 1. The van der Waals surface area contributed by atoms with Crippen molar-refractivity contribution < 1.29 is 4.79 Å². The lowest BCUT2D eigenvalue weighted by Gasteiger charge is -2.12. The molecule has 1 unspecified atom stereocenters. The molecule has 2 rings (SSSR count). The van der Waals surface area contributed by atoms with Crippen LogP contribution < -0.4 is 11.0 Å². The monoisotopic (exact) mass is 320 g/mol.